The van der Waals surface area contributed by atoms with Crippen LogP contribution in [0.5, 0.6) is 5.75 Å². The summed E-state index contributed by atoms with van der Waals surface area (Å²) in [6, 6.07) is 8.30. The third kappa shape index (κ3) is 1.34. The van der Waals surface area contributed by atoms with Crippen LogP contribution in [0.15, 0.2) is 22.6 Å². The van der Waals surface area contributed by atoms with Gasteiger partial charge in [-0.3, -0.25) is 0 Å². The summed E-state index contributed by atoms with van der Waals surface area (Å²) in [5, 5.41) is 10.3. The minimum absolute atomic E-state index is 0.291. The van der Waals surface area contributed by atoms with E-state index in [0.717, 1.165) is 40.9 Å². The molecular formula is C14H13NO2. The van der Waals surface area contributed by atoms with Gasteiger partial charge in [0, 0.05) is 5.39 Å². The van der Waals surface area contributed by atoms with Crippen molar-refractivity contribution >= 4 is 11.0 Å². The Labute approximate surface area is 99.6 Å². The maximum atomic E-state index is 9.29. The lowest BCUT2D eigenvalue weighted by atomic mass is 9.94. The summed E-state index contributed by atoms with van der Waals surface area (Å²) in [6.07, 6.45) is 1.88. The minimum Gasteiger partial charge on any atom is -0.493 e. The number of nitrogens with zero attached hydrogens (tertiary/aromatic N) is 1. The highest BCUT2D eigenvalue weighted by molar-refractivity contribution is 5.89. The number of aryl methyl sites for hydroxylation is 1. The predicted octanol–water partition coefficient (Wildman–Crippen LogP) is 3.31. The second-order valence-corrected chi connectivity index (χ2v) is 4.61. The number of hydrogen-bond donors (Lipinski definition) is 0. The fourth-order valence-corrected chi connectivity index (χ4v) is 2.37. The number of fused-ring (bicyclic) bond motifs is 1. The van der Waals surface area contributed by atoms with Crippen molar-refractivity contribution in [3.05, 3.63) is 29.5 Å². The third-order valence-electron chi connectivity index (χ3n) is 3.47. The van der Waals surface area contributed by atoms with Gasteiger partial charge in [-0.15, -0.1) is 0 Å². The van der Waals surface area contributed by atoms with Crippen LogP contribution in [0, 0.1) is 18.3 Å². The summed E-state index contributed by atoms with van der Waals surface area (Å²) in [7, 11) is 1.63. The van der Waals surface area contributed by atoms with Crippen molar-refractivity contribution in [2.75, 3.05) is 7.11 Å². The summed E-state index contributed by atoms with van der Waals surface area (Å²) >= 11 is 0. The molecule has 2 aromatic rings. The first-order valence-electron chi connectivity index (χ1n) is 5.69. The SMILES string of the molecule is COc1ccc(C2(C#N)CC2)c2cc(C)oc12. The second-order valence-electron chi connectivity index (χ2n) is 4.61. The van der Waals surface area contributed by atoms with Gasteiger partial charge in [0.15, 0.2) is 11.3 Å². The molecule has 0 radical (unpaired) electrons. The van der Waals surface area contributed by atoms with E-state index in [4.69, 9.17) is 9.15 Å². The maximum Gasteiger partial charge on any atom is 0.176 e. The van der Waals surface area contributed by atoms with Gasteiger partial charge >= 0.3 is 0 Å². The van der Waals surface area contributed by atoms with Gasteiger partial charge in [-0.1, -0.05) is 6.07 Å². The van der Waals surface area contributed by atoms with Crippen LogP contribution in [0.1, 0.15) is 24.2 Å². The van der Waals surface area contributed by atoms with Gasteiger partial charge in [0.25, 0.3) is 0 Å². The second kappa shape index (κ2) is 3.27. The molecule has 1 fully saturated rings. The lowest BCUT2D eigenvalue weighted by Gasteiger charge is -2.09. The van der Waals surface area contributed by atoms with Crippen LogP contribution >= 0.6 is 0 Å². The lowest BCUT2D eigenvalue weighted by Crippen LogP contribution is -2.03. The molecule has 1 aliphatic carbocycles. The van der Waals surface area contributed by atoms with Crippen LogP contribution in [0.4, 0.5) is 0 Å². The molecule has 17 heavy (non-hydrogen) atoms. The molecular weight excluding hydrogens is 214 g/mol. The molecule has 3 heteroatoms. The number of furan rings is 1. The van der Waals surface area contributed by atoms with E-state index in [0.29, 0.717) is 0 Å². The minimum atomic E-state index is -0.291. The first-order valence-corrected chi connectivity index (χ1v) is 5.69. The third-order valence-corrected chi connectivity index (χ3v) is 3.47. The number of benzene rings is 1. The highest BCUT2D eigenvalue weighted by Crippen LogP contribution is 2.51. The van der Waals surface area contributed by atoms with Crippen LogP contribution in [0.3, 0.4) is 0 Å². The van der Waals surface area contributed by atoms with E-state index < -0.39 is 0 Å². The van der Waals surface area contributed by atoms with Gasteiger partial charge in [-0.25, -0.2) is 0 Å². The van der Waals surface area contributed by atoms with Crippen LogP contribution in [0.2, 0.25) is 0 Å². The Bertz CT molecular complexity index is 629. The van der Waals surface area contributed by atoms with Crippen molar-refractivity contribution in [3.8, 4) is 11.8 Å². The van der Waals surface area contributed by atoms with Crippen molar-refractivity contribution in [2.45, 2.75) is 25.2 Å². The molecule has 1 aromatic carbocycles. The molecule has 0 atom stereocenters. The van der Waals surface area contributed by atoms with E-state index in [-0.39, 0.29) is 5.41 Å². The average molecular weight is 227 g/mol. The van der Waals surface area contributed by atoms with Crippen LogP contribution in [-0.2, 0) is 5.41 Å². The Morgan fingerprint density at radius 3 is 2.76 bits per heavy atom. The molecule has 3 nitrogen and oxygen atoms in total. The van der Waals surface area contributed by atoms with E-state index in [2.05, 4.69) is 6.07 Å². The van der Waals surface area contributed by atoms with Crippen molar-refractivity contribution in [2.24, 2.45) is 0 Å². The molecule has 86 valence electrons. The number of methoxy groups -OCH3 is 1. The Balaban J connectivity index is 2.31. The van der Waals surface area contributed by atoms with Crippen LogP contribution in [0.25, 0.3) is 11.0 Å². The molecule has 1 aromatic heterocycles. The molecule has 0 N–H and O–H groups in total. The first kappa shape index (κ1) is 10.2. The summed E-state index contributed by atoms with van der Waals surface area (Å²) in [5.74, 6) is 1.57. The Morgan fingerprint density at radius 2 is 2.18 bits per heavy atom. The summed E-state index contributed by atoms with van der Waals surface area (Å²) in [4.78, 5) is 0. The number of rotatable bonds is 2. The molecule has 0 saturated heterocycles. The maximum absolute atomic E-state index is 9.29. The summed E-state index contributed by atoms with van der Waals surface area (Å²) < 4.78 is 10.9. The molecule has 3 rings (SSSR count). The van der Waals surface area contributed by atoms with Crippen LogP contribution < -0.4 is 4.74 Å². The Kier molecular flexibility index (Phi) is 1.97. The quantitative estimate of drug-likeness (QED) is 0.790. The van der Waals surface area contributed by atoms with E-state index in [1.807, 2.05) is 25.1 Å². The van der Waals surface area contributed by atoms with Crippen LogP contribution in [-0.4, -0.2) is 7.11 Å². The van der Waals surface area contributed by atoms with Gasteiger partial charge in [-0.05, 0) is 37.5 Å². The normalized spacial score (nSPS) is 16.8. The lowest BCUT2D eigenvalue weighted by molar-refractivity contribution is 0.408. The van der Waals surface area contributed by atoms with E-state index >= 15 is 0 Å². The molecule has 0 spiro atoms. The number of ether oxygens (including phenoxy) is 1. The highest BCUT2D eigenvalue weighted by atomic mass is 16.5. The average Bonchev–Trinajstić information content (AvgIpc) is 3.03. The Hall–Kier alpha value is -1.95. The van der Waals surface area contributed by atoms with Crippen molar-refractivity contribution < 1.29 is 9.15 Å². The van der Waals surface area contributed by atoms with Crippen molar-refractivity contribution in [3.63, 3.8) is 0 Å². The zero-order valence-electron chi connectivity index (χ0n) is 9.91. The van der Waals surface area contributed by atoms with Gasteiger partial charge in [0.1, 0.15) is 5.76 Å². The van der Waals surface area contributed by atoms with Gasteiger partial charge in [0.05, 0.1) is 18.6 Å². The zero-order chi connectivity index (χ0) is 12.0. The fraction of sp³-hybridized carbons (Fsp3) is 0.357. The van der Waals surface area contributed by atoms with Crippen molar-refractivity contribution in [1.82, 2.24) is 0 Å². The van der Waals surface area contributed by atoms with E-state index in [1.165, 1.54) is 0 Å². The largest absolute Gasteiger partial charge is 0.493 e. The molecule has 0 amide bonds. The van der Waals surface area contributed by atoms with Crippen molar-refractivity contribution in [1.29, 1.82) is 5.26 Å². The molecule has 1 aliphatic rings. The molecule has 0 bridgehead atoms. The number of hydrogen-bond acceptors (Lipinski definition) is 3. The fourth-order valence-electron chi connectivity index (χ4n) is 2.37. The van der Waals surface area contributed by atoms with E-state index in [9.17, 15) is 5.26 Å². The Morgan fingerprint density at radius 1 is 1.41 bits per heavy atom. The van der Waals surface area contributed by atoms with E-state index in [1.54, 1.807) is 7.11 Å². The monoisotopic (exact) mass is 227 g/mol. The topological polar surface area (TPSA) is 46.2 Å². The summed E-state index contributed by atoms with van der Waals surface area (Å²) in [6.45, 7) is 1.91. The first-order chi connectivity index (χ1) is 8.20. The molecule has 1 heterocycles. The van der Waals surface area contributed by atoms with Gasteiger partial charge < -0.3 is 9.15 Å². The molecule has 0 aliphatic heterocycles. The molecule has 1 saturated carbocycles. The standard InChI is InChI=1S/C14H13NO2/c1-9-7-10-11(14(8-15)5-6-14)3-4-12(16-2)13(10)17-9/h3-4,7H,5-6H2,1-2H3. The van der Waals surface area contributed by atoms with Gasteiger partial charge in [0.2, 0.25) is 0 Å². The highest BCUT2D eigenvalue weighted by Gasteiger charge is 2.46. The summed E-state index contributed by atoms with van der Waals surface area (Å²) in [5.41, 5.74) is 1.54. The molecule has 0 unspecified atom stereocenters. The number of nitriles is 1. The van der Waals surface area contributed by atoms with Gasteiger partial charge in [-0.2, -0.15) is 5.26 Å². The zero-order valence-corrected chi connectivity index (χ0v) is 9.91. The smallest absolute Gasteiger partial charge is 0.176 e. The predicted molar refractivity (Wildman–Crippen MR) is 64.0 cm³/mol.